The van der Waals surface area contributed by atoms with E-state index >= 15 is 0 Å². The summed E-state index contributed by atoms with van der Waals surface area (Å²) >= 11 is 1.63. The Morgan fingerprint density at radius 1 is 1.00 bits per heavy atom. The number of fused-ring (bicyclic) bond motifs is 1. The van der Waals surface area contributed by atoms with Gasteiger partial charge in [-0.3, -0.25) is 9.59 Å². The van der Waals surface area contributed by atoms with Crippen molar-refractivity contribution in [2.75, 3.05) is 19.0 Å². The zero-order valence-corrected chi connectivity index (χ0v) is 17.9. The van der Waals surface area contributed by atoms with Crippen LogP contribution in [0, 0.1) is 0 Å². The summed E-state index contributed by atoms with van der Waals surface area (Å²) in [6, 6.07) is 20.4. The van der Waals surface area contributed by atoms with Crippen molar-refractivity contribution < 1.29 is 19.1 Å². The number of hydrogen-bond donors (Lipinski definition) is 1. The number of ether oxygens (including phenoxy) is 2. The lowest BCUT2D eigenvalue weighted by atomic mass is 10.1. The number of amides is 1. The lowest BCUT2D eigenvalue weighted by Crippen LogP contribution is -2.20. The highest BCUT2D eigenvalue weighted by atomic mass is 32.1. The maximum absolute atomic E-state index is 12.3. The number of aromatic nitrogens is 1. The molecule has 6 nitrogen and oxygen atoms in total. The molecule has 156 valence electrons. The van der Waals surface area contributed by atoms with Crippen molar-refractivity contribution in [1.29, 1.82) is 0 Å². The molecule has 0 saturated heterocycles. The molecule has 7 heteroatoms. The highest BCUT2D eigenvalue weighted by Crippen LogP contribution is 2.31. The van der Waals surface area contributed by atoms with Crippen molar-refractivity contribution in [3.8, 4) is 22.1 Å². The first kappa shape index (κ1) is 20.6. The third-order valence-corrected chi connectivity index (χ3v) is 5.72. The molecule has 0 atom stereocenters. The van der Waals surface area contributed by atoms with E-state index in [0.717, 1.165) is 20.8 Å². The van der Waals surface area contributed by atoms with Gasteiger partial charge in [0, 0.05) is 16.8 Å². The largest absolute Gasteiger partial charge is 0.493 e. The zero-order chi connectivity index (χ0) is 21.8. The molecule has 0 unspecified atom stereocenters. The van der Waals surface area contributed by atoms with Gasteiger partial charge in [0.25, 0.3) is 5.91 Å². The maximum atomic E-state index is 12.3. The first-order valence-electron chi connectivity index (χ1n) is 9.61. The number of ketones is 1. The number of Topliss-reactive ketones (excluding diaryl/α,β-unsaturated/α-hetero) is 1. The van der Waals surface area contributed by atoms with Crippen LogP contribution in [-0.2, 0) is 4.79 Å². The normalized spacial score (nSPS) is 10.6. The van der Waals surface area contributed by atoms with E-state index in [4.69, 9.17) is 9.47 Å². The van der Waals surface area contributed by atoms with Crippen LogP contribution in [0.3, 0.4) is 0 Å². The number of hydrogen-bond acceptors (Lipinski definition) is 6. The summed E-state index contributed by atoms with van der Waals surface area (Å²) in [7, 11) is 1.49. The average molecular weight is 433 g/mol. The predicted octanol–water partition coefficient (Wildman–Crippen LogP) is 5.19. The number of methoxy groups -OCH3 is 1. The monoisotopic (exact) mass is 432 g/mol. The minimum atomic E-state index is -0.301. The van der Waals surface area contributed by atoms with Crippen LogP contribution in [0.5, 0.6) is 11.5 Å². The van der Waals surface area contributed by atoms with Gasteiger partial charge in [0.2, 0.25) is 0 Å². The summed E-state index contributed by atoms with van der Waals surface area (Å²) in [6.07, 6.45) is 0. The summed E-state index contributed by atoms with van der Waals surface area (Å²) in [6.45, 7) is 1.29. The van der Waals surface area contributed by atoms with Gasteiger partial charge in [-0.1, -0.05) is 12.1 Å². The quantitative estimate of drug-likeness (QED) is 0.407. The van der Waals surface area contributed by atoms with Crippen LogP contribution in [-0.4, -0.2) is 30.4 Å². The Morgan fingerprint density at radius 3 is 2.48 bits per heavy atom. The highest BCUT2D eigenvalue weighted by molar-refractivity contribution is 7.21. The second kappa shape index (κ2) is 8.97. The molecule has 1 N–H and O–H groups in total. The number of benzene rings is 3. The van der Waals surface area contributed by atoms with E-state index < -0.39 is 0 Å². The fourth-order valence-corrected chi connectivity index (χ4v) is 4.01. The van der Waals surface area contributed by atoms with E-state index in [1.165, 1.54) is 14.0 Å². The first-order valence-corrected chi connectivity index (χ1v) is 10.4. The summed E-state index contributed by atoms with van der Waals surface area (Å²) in [5.41, 5.74) is 3.15. The number of para-hydroxylation sites is 1. The molecule has 1 heterocycles. The Bertz CT molecular complexity index is 1220. The van der Waals surface area contributed by atoms with Crippen LogP contribution >= 0.6 is 11.3 Å². The SMILES string of the molecule is COc1cc(C(C)=O)ccc1OCC(=O)Nc1ccc(-c2nc3ccccc3s2)cc1. The molecule has 1 amide bonds. The molecule has 3 aromatic carbocycles. The molecule has 0 aliphatic carbocycles. The van der Waals surface area contributed by atoms with Crippen molar-refractivity contribution in [2.24, 2.45) is 0 Å². The van der Waals surface area contributed by atoms with Crippen molar-refractivity contribution in [3.05, 3.63) is 72.3 Å². The van der Waals surface area contributed by atoms with E-state index in [2.05, 4.69) is 10.3 Å². The van der Waals surface area contributed by atoms with E-state index in [-0.39, 0.29) is 18.3 Å². The fraction of sp³-hybridized carbons (Fsp3) is 0.125. The fourth-order valence-electron chi connectivity index (χ4n) is 3.04. The standard InChI is InChI=1S/C24H20N2O4S/c1-15(27)17-9-12-20(21(13-17)29-2)30-14-23(28)25-18-10-7-16(8-11-18)24-26-19-5-3-4-6-22(19)31-24/h3-13H,14H2,1-2H3,(H,25,28). The smallest absolute Gasteiger partial charge is 0.262 e. The molecule has 0 radical (unpaired) electrons. The molecule has 31 heavy (non-hydrogen) atoms. The van der Waals surface area contributed by atoms with Crippen molar-refractivity contribution in [1.82, 2.24) is 4.98 Å². The summed E-state index contributed by atoms with van der Waals surface area (Å²) < 4.78 is 12.0. The van der Waals surface area contributed by atoms with Crippen molar-refractivity contribution in [2.45, 2.75) is 6.92 Å². The van der Waals surface area contributed by atoms with E-state index in [9.17, 15) is 9.59 Å². The third-order valence-electron chi connectivity index (χ3n) is 4.64. The third kappa shape index (κ3) is 4.73. The van der Waals surface area contributed by atoms with Crippen LogP contribution < -0.4 is 14.8 Å². The number of anilines is 1. The number of carbonyl (C=O) groups excluding carboxylic acids is 2. The average Bonchev–Trinajstić information content (AvgIpc) is 3.22. The lowest BCUT2D eigenvalue weighted by Gasteiger charge is -2.12. The van der Waals surface area contributed by atoms with Crippen LogP contribution in [0.25, 0.3) is 20.8 Å². The van der Waals surface area contributed by atoms with Crippen LogP contribution in [0.15, 0.2) is 66.7 Å². The Kier molecular flexibility index (Phi) is 5.95. The van der Waals surface area contributed by atoms with Crippen LogP contribution in [0.1, 0.15) is 17.3 Å². The predicted molar refractivity (Wildman–Crippen MR) is 122 cm³/mol. The second-order valence-corrected chi connectivity index (χ2v) is 7.85. The van der Waals surface area contributed by atoms with Crippen molar-refractivity contribution >= 4 is 38.9 Å². The summed E-state index contributed by atoms with van der Waals surface area (Å²) in [4.78, 5) is 28.4. The highest BCUT2D eigenvalue weighted by Gasteiger charge is 2.11. The molecule has 0 bridgehead atoms. The van der Waals surface area contributed by atoms with E-state index in [0.29, 0.717) is 22.7 Å². The molecule has 0 aliphatic rings. The number of rotatable bonds is 7. The molecule has 0 fully saturated rings. The number of thiazole rings is 1. The van der Waals surface area contributed by atoms with Gasteiger partial charge in [0.15, 0.2) is 23.9 Å². The molecular formula is C24H20N2O4S. The summed E-state index contributed by atoms with van der Waals surface area (Å²) in [5, 5.41) is 3.74. The molecule has 0 aliphatic heterocycles. The molecule has 0 saturated carbocycles. The number of nitrogens with one attached hydrogen (secondary N) is 1. The molecule has 4 aromatic rings. The van der Waals surface area contributed by atoms with Gasteiger partial charge >= 0.3 is 0 Å². The van der Waals surface area contributed by atoms with Crippen molar-refractivity contribution in [3.63, 3.8) is 0 Å². The van der Waals surface area contributed by atoms with Gasteiger partial charge in [-0.25, -0.2) is 4.98 Å². The van der Waals surface area contributed by atoms with Gasteiger partial charge in [0.1, 0.15) is 5.01 Å². The zero-order valence-electron chi connectivity index (χ0n) is 17.0. The van der Waals surface area contributed by atoms with Gasteiger partial charge in [-0.2, -0.15) is 0 Å². The Morgan fingerprint density at radius 2 is 1.77 bits per heavy atom. The molecular weight excluding hydrogens is 412 g/mol. The molecule has 1 aromatic heterocycles. The van der Waals surface area contributed by atoms with Gasteiger partial charge in [0.05, 0.1) is 17.3 Å². The summed E-state index contributed by atoms with van der Waals surface area (Å²) in [5.74, 6) is 0.428. The minimum absolute atomic E-state index is 0.0723. The minimum Gasteiger partial charge on any atom is -0.493 e. The van der Waals surface area contributed by atoms with Crippen LogP contribution in [0.2, 0.25) is 0 Å². The van der Waals surface area contributed by atoms with Gasteiger partial charge in [-0.15, -0.1) is 11.3 Å². The van der Waals surface area contributed by atoms with Gasteiger partial charge < -0.3 is 14.8 Å². The molecule has 0 spiro atoms. The maximum Gasteiger partial charge on any atom is 0.262 e. The van der Waals surface area contributed by atoms with E-state index in [1.54, 1.807) is 29.5 Å². The first-order chi connectivity index (χ1) is 15.0. The topological polar surface area (TPSA) is 77.5 Å². The Labute approximate surface area is 183 Å². The number of carbonyl (C=O) groups is 2. The van der Waals surface area contributed by atoms with E-state index in [1.807, 2.05) is 48.5 Å². The van der Waals surface area contributed by atoms with Gasteiger partial charge in [-0.05, 0) is 61.5 Å². The molecule has 4 rings (SSSR count). The second-order valence-electron chi connectivity index (χ2n) is 6.82. The lowest BCUT2D eigenvalue weighted by molar-refractivity contribution is -0.118. The van der Waals surface area contributed by atoms with Crippen LogP contribution in [0.4, 0.5) is 5.69 Å². The number of nitrogens with zero attached hydrogens (tertiary/aromatic N) is 1. The Hall–Kier alpha value is -3.71. The Balaban J connectivity index is 1.38.